The Morgan fingerprint density at radius 3 is 2.67 bits per heavy atom. The molecule has 6 nitrogen and oxygen atoms in total. The number of para-hydroxylation sites is 1. The first-order chi connectivity index (χ1) is 14.2. The molecule has 0 unspecified atom stereocenters. The molecular formula is C24H32N2O4. The normalized spacial score (nSPS) is 19.9. The van der Waals surface area contributed by atoms with Gasteiger partial charge in [-0.25, -0.2) is 4.79 Å². The van der Waals surface area contributed by atoms with E-state index < -0.39 is 17.1 Å². The molecule has 0 spiro atoms. The van der Waals surface area contributed by atoms with Crippen molar-refractivity contribution in [1.82, 2.24) is 9.47 Å². The topological polar surface area (TPSA) is 68.6 Å². The fourth-order valence-electron chi connectivity index (χ4n) is 4.35. The summed E-state index contributed by atoms with van der Waals surface area (Å²) in [5.41, 5.74) is 0.679. The average Bonchev–Trinajstić information content (AvgIpc) is 3.07. The standard InChI is InChI=1S/C24H32N2O4/c1-5-24(13-16-27)12-8-14-25(21(24)28)15-11-18-17-26(22(29)30-23(2,3)4)20-10-7-6-9-19(18)20/h6-7,9-10,16-17H,5,8,11-15H2,1-4H3/t24-/m0/s1. The monoisotopic (exact) mass is 412 g/mol. The average molecular weight is 413 g/mol. The maximum atomic E-state index is 13.1. The van der Waals surface area contributed by atoms with Crippen LogP contribution in [0.5, 0.6) is 0 Å². The molecule has 1 amide bonds. The van der Waals surface area contributed by atoms with Crippen LogP contribution in [0.1, 0.15) is 58.9 Å². The Morgan fingerprint density at radius 2 is 2.00 bits per heavy atom. The van der Waals surface area contributed by atoms with Crippen molar-refractivity contribution < 1.29 is 19.1 Å². The quantitative estimate of drug-likeness (QED) is 0.652. The molecule has 0 saturated carbocycles. The molecule has 6 heteroatoms. The number of aromatic nitrogens is 1. The minimum Gasteiger partial charge on any atom is -0.443 e. The first-order valence-electron chi connectivity index (χ1n) is 10.8. The van der Waals surface area contributed by atoms with E-state index in [2.05, 4.69) is 0 Å². The molecule has 1 fully saturated rings. The summed E-state index contributed by atoms with van der Waals surface area (Å²) in [5, 5.41) is 0.988. The SMILES string of the molecule is CC[C@@]1(CC=O)CCCN(CCc2cn(C(=O)OC(C)(C)C)c3ccccc23)C1=O. The summed E-state index contributed by atoms with van der Waals surface area (Å²) in [4.78, 5) is 38.8. The van der Waals surface area contributed by atoms with Gasteiger partial charge < -0.3 is 14.4 Å². The highest BCUT2D eigenvalue weighted by atomic mass is 16.6. The summed E-state index contributed by atoms with van der Waals surface area (Å²) in [6, 6.07) is 7.74. The van der Waals surface area contributed by atoms with Crippen LogP contribution >= 0.6 is 0 Å². The predicted molar refractivity (Wildman–Crippen MR) is 116 cm³/mol. The van der Waals surface area contributed by atoms with Gasteiger partial charge in [0, 0.05) is 31.1 Å². The number of amides is 1. The molecule has 0 bridgehead atoms. The smallest absolute Gasteiger partial charge is 0.419 e. The third kappa shape index (κ3) is 4.42. The molecule has 30 heavy (non-hydrogen) atoms. The lowest BCUT2D eigenvalue weighted by molar-refractivity contribution is -0.148. The van der Waals surface area contributed by atoms with E-state index in [1.54, 1.807) is 4.57 Å². The van der Waals surface area contributed by atoms with E-state index >= 15 is 0 Å². The Bertz CT molecular complexity index is 940. The minimum absolute atomic E-state index is 0.0826. The van der Waals surface area contributed by atoms with E-state index in [1.807, 2.05) is 63.1 Å². The lowest BCUT2D eigenvalue weighted by Gasteiger charge is -2.40. The summed E-state index contributed by atoms with van der Waals surface area (Å²) in [5.74, 6) is 0.0826. The van der Waals surface area contributed by atoms with Crippen molar-refractivity contribution >= 4 is 29.2 Å². The Balaban J connectivity index is 1.82. The van der Waals surface area contributed by atoms with Gasteiger partial charge in [0.1, 0.15) is 11.9 Å². The Kier molecular flexibility index (Phi) is 6.34. The lowest BCUT2D eigenvalue weighted by atomic mass is 9.74. The number of fused-ring (bicyclic) bond motifs is 1. The van der Waals surface area contributed by atoms with Gasteiger partial charge in [-0.05, 0) is 58.1 Å². The van der Waals surface area contributed by atoms with E-state index in [9.17, 15) is 14.4 Å². The van der Waals surface area contributed by atoms with Gasteiger partial charge in [0.2, 0.25) is 5.91 Å². The summed E-state index contributed by atoms with van der Waals surface area (Å²) in [7, 11) is 0. The highest BCUT2D eigenvalue weighted by Crippen LogP contribution is 2.37. The molecule has 0 aliphatic carbocycles. The van der Waals surface area contributed by atoms with E-state index in [0.29, 0.717) is 25.9 Å². The largest absolute Gasteiger partial charge is 0.443 e. The second-order valence-electron chi connectivity index (χ2n) is 9.17. The number of nitrogens with zero attached hydrogens (tertiary/aromatic N) is 2. The number of piperidine rings is 1. The second-order valence-corrected chi connectivity index (χ2v) is 9.17. The minimum atomic E-state index is -0.578. The molecule has 1 aliphatic rings. The predicted octanol–water partition coefficient (Wildman–Crippen LogP) is 4.57. The molecule has 1 aliphatic heterocycles. The first-order valence-corrected chi connectivity index (χ1v) is 10.8. The molecule has 0 radical (unpaired) electrons. The van der Waals surface area contributed by atoms with Crippen LogP contribution in [0, 0.1) is 5.41 Å². The third-order valence-corrected chi connectivity index (χ3v) is 6.01. The summed E-state index contributed by atoms with van der Waals surface area (Å²) >= 11 is 0. The number of carbonyl (C=O) groups is 3. The molecule has 3 rings (SSSR count). The first kappa shape index (κ1) is 22.1. The number of ether oxygens (including phenoxy) is 1. The number of aldehydes is 1. The van der Waals surface area contributed by atoms with Crippen LogP contribution in [0.25, 0.3) is 10.9 Å². The molecule has 1 aromatic heterocycles. The maximum absolute atomic E-state index is 13.1. The van der Waals surface area contributed by atoms with E-state index in [1.165, 1.54) is 0 Å². The van der Waals surface area contributed by atoms with Gasteiger partial charge in [-0.1, -0.05) is 25.1 Å². The van der Waals surface area contributed by atoms with Gasteiger partial charge in [0.25, 0.3) is 0 Å². The highest BCUT2D eigenvalue weighted by molar-refractivity contribution is 5.92. The van der Waals surface area contributed by atoms with Crippen molar-refractivity contribution in [2.45, 2.75) is 65.4 Å². The van der Waals surface area contributed by atoms with Crippen molar-refractivity contribution in [3.05, 3.63) is 36.0 Å². The van der Waals surface area contributed by atoms with Gasteiger partial charge >= 0.3 is 6.09 Å². The van der Waals surface area contributed by atoms with Gasteiger partial charge in [-0.15, -0.1) is 0 Å². The molecule has 162 valence electrons. The van der Waals surface area contributed by atoms with Crippen LogP contribution in [0.15, 0.2) is 30.5 Å². The molecular weight excluding hydrogens is 380 g/mol. The van der Waals surface area contributed by atoms with Crippen molar-refractivity contribution in [1.29, 1.82) is 0 Å². The Labute approximate surface area is 178 Å². The Morgan fingerprint density at radius 1 is 1.27 bits per heavy atom. The van der Waals surface area contributed by atoms with Crippen LogP contribution < -0.4 is 0 Å². The van der Waals surface area contributed by atoms with Crippen molar-refractivity contribution in [3.63, 3.8) is 0 Å². The van der Waals surface area contributed by atoms with Crippen molar-refractivity contribution in [2.75, 3.05) is 13.1 Å². The molecule has 1 atom stereocenters. The number of rotatable bonds is 6. The Hall–Kier alpha value is -2.63. The molecule has 2 heterocycles. The van der Waals surface area contributed by atoms with E-state index in [0.717, 1.165) is 35.6 Å². The number of hydrogen-bond acceptors (Lipinski definition) is 4. The highest BCUT2D eigenvalue weighted by Gasteiger charge is 2.41. The summed E-state index contributed by atoms with van der Waals surface area (Å²) < 4.78 is 7.10. The summed E-state index contributed by atoms with van der Waals surface area (Å²) in [6.07, 6.45) is 5.59. The van der Waals surface area contributed by atoms with E-state index in [4.69, 9.17) is 4.74 Å². The van der Waals surface area contributed by atoms with Crippen molar-refractivity contribution in [2.24, 2.45) is 5.41 Å². The number of benzene rings is 1. The van der Waals surface area contributed by atoms with Crippen LogP contribution in [-0.2, 0) is 20.7 Å². The lowest BCUT2D eigenvalue weighted by Crippen LogP contribution is -2.49. The van der Waals surface area contributed by atoms with Crippen LogP contribution in [-0.4, -0.2) is 46.4 Å². The third-order valence-electron chi connectivity index (χ3n) is 6.01. The molecule has 0 N–H and O–H groups in total. The molecule has 2 aromatic rings. The zero-order chi connectivity index (χ0) is 21.9. The van der Waals surface area contributed by atoms with Crippen LogP contribution in [0.4, 0.5) is 4.79 Å². The van der Waals surface area contributed by atoms with Crippen molar-refractivity contribution in [3.8, 4) is 0 Å². The maximum Gasteiger partial charge on any atom is 0.419 e. The zero-order valence-corrected chi connectivity index (χ0v) is 18.4. The van der Waals surface area contributed by atoms with Gasteiger partial charge in [0.15, 0.2) is 0 Å². The zero-order valence-electron chi connectivity index (χ0n) is 18.4. The van der Waals surface area contributed by atoms with E-state index in [-0.39, 0.29) is 12.3 Å². The van der Waals surface area contributed by atoms with Crippen LogP contribution in [0.3, 0.4) is 0 Å². The van der Waals surface area contributed by atoms with Gasteiger partial charge in [-0.2, -0.15) is 0 Å². The van der Waals surface area contributed by atoms with Gasteiger partial charge in [-0.3, -0.25) is 9.36 Å². The second kappa shape index (κ2) is 8.62. The molecule has 1 aromatic carbocycles. The number of carbonyl (C=O) groups excluding carboxylic acids is 3. The summed E-state index contributed by atoms with van der Waals surface area (Å²) in [6.45, 7) is 8.81. The molecule has 1 saturated heterocycles. The fourth-order valence-corrected chi connectivity index (χ4v) is 4.35. The number of hydrogen-bond donors (Lipinski definition) is 0. The van der Waals surface area contributed by atoms with Gasteiger partial charge in [0.05, 0.1) is 10.9 Å². The van der Waals surface area contributed by atoms with Crippen LogP contribution in [0.2, 0.25) is 0 Å². The fraction of sp³-hybridized carbons (Fsp3) is 0.542. The number of likely N-dealkylation sites (tertiary alicyclic amines) is 1.